The van der Waals surface area contributed by atoms with Crippen molar-refractivity contribution < 1.29 is 4.79 Å². The summed E-state index contributed by atoms with van der Waals surface area (Å²) in [4.78, 5) is 26.5. The molecule has 1 heterocycles. The van der Waals surface area contributed by atoms with Crippen molar-refractivity contribution in [3.63, 3.8) is 0 Å². The van der Waals surface area contributed by atoms with Crippen LogP contribution in [0.25, 0.3) is 10.8 Å². The van der Waals surface area contributed by atoms with Crippen LogP contribution in [0.4, 0.5) is 5.69 Å². The molecule has 0 fully saturated rings. The molecule has 0 unspecified atom stereocenters. The number of amides is 1. The molecule has 6 heteroatoms. The third-order valence-corrected chi connectivity index (χ3v) is 4.07. The molecule has 0 saturated heterocycles. The van der Waals surface area contributed by atoms with E-state index in [2.05, 4.69) is 10.4 Å². The van der Waals surface area contributed by atoms with Crippen LogP contribution in [0, 0.1) is 0 Å². The Bertz CT molecular complexity index is 992. The molecule has 0 atom stereocenters. The number of carbonyl (C=O) groups excluding carboxylic acids is 1. The zero-order valence-electron chi connectivity index (χ0n) is 14.5. The average Bonchev–Trinajstić information content (AvgIpc) is 2.63. The highest BCUT2D eigenvalue weighted by Gasteiger charge is 2.11. The number of hydrogen-bond donors (Lipinski definition) is 1. The minimum atomic E-state index is -0.177. The predicted octanol–water partition coefficient (Wildman–Crippen LogP) is 1.93. The quantitative estimate of drug-likeness (QED) is 0.790. The van der Waals surface area contributed by atoms with Gasteiger partial charge in [-0.05, 0) is 24.3 Å². The number of nitrogens with one attached hydrogen (secondary N) is 1. The summed E-state index contributed by atoms with van der Waals surface area (Å²) in [6.07, 6.45) is 0. The summed E-state index contributed by atoms with van der Waals surface area (Å²) in [6, 6.07) is 14.7. The standard InChI is InChI=1S/C19H20N4O2/c1-22(2)14-8-6-7-13(11-14)18(24)20-12-17-15-9-4-5-10-16(15)19(25)23(3)21-17/h4-11H,12H2,1-3H3,(H,20,24). The Labute approximate surface area is 145 Å². The van der Waals surface area contributed by atoms with Crippen LogP contribution >= 0.6 is 0 Å². The summed E-state index contributed by atoms with van der Waals surface area (Å²) in [5.74, 6) is -0.177. The molecular formula is C19H20N4O2. The molecule has 128 valence electrons. The minimum absolute atomic E-state index is 0.149. The second-order valence-corrected chi connectivity index (χ2v) is 6.05. The maximum Gasteiger partial charge on any atom is 0.274 e. The first kappa shape index (κ1) is 16.7. The van der Waals surface area contributed by atoms with Crippen LogP contribution in [0.1, 0.15) is 16.1 Å². The average molecular weight is 336 g/mol. The van der Waals surface area contributed by atoms with Gasteiger partial charge in [0.25, 0.3) is 11.5 Å². The van der Waals surface area contributed by atoms with Gasteiger partial charge >= 0.3 is 0 Å². The first-order chi connectivity index (χ1) is 12.0. The van der Waals surface area contributed by atoms with Gasteiger partial charge in [-0.25, -0.2) is 4.68 Å². The van der Waals surface area contributed by atoms with Crippen LogP contribution in [0.2, 0.25) is 0 Å². The highest BCUT2D eigenvalue weighted by atomic mass is 16.1. The van der Waals surface area contributed by atoms with E-state index in [1.54, 1.807) is 19.2 Å². The lowest BCUT2D eigenvalue weighted by Gasteiger charge is -2.14. The third-order valence-electron chi connectivity index (χ3n) is 4.07. The van der Waals surface area contributed by atoms with Crippen molar-refractivity contribution in [3.05, 3.63) is 70.1 Å². The number of benzene rings is 2. The van der Waals surface area contributed by atoms with Gasteiger partial charge in [-0.1, -0.05) is 24.3 Å². The van der Waals surface area contributed by atoms with Crippen molar-refractivity contribution in [2.75, 3.05) is 19.0 Å². The largest absolute Gasteiger partial charge is 0.378 e. The summed E-state index contributed by atoms with van der Waals surface area (Å²) in [7, 11) is 5.47. The van der Waals surface area contributed by atoms with Crippen LogP contribution in [-0.2, 0) is 13.6 Å². The second-order valence-electron chi connectivity index (χ2n) is 6.05. The lowest BCUT2D eigenvalue weighted by atomic mass is 10.1. The normalized spacial score (nSPS) is 10.7. The smallest absolute Gasteiger partial charge is 0.274 e. The topological polar surface area (TPSA) is 67.2 Å². The molecule has 0 aliphatic heterocycles. The molecule has 1 N–H and O–H groups in total. The van der Waals surface area contributed by atoms with Gasteiger partial charge in [0.15, 0.2) is 0 Å². The van der Waals surface area contributed by atoms with E-state index in [4.69, 9.17) is 0 Å². The summed E-state index contributed by atoms with van der Waals surface area (Å²) >= 11 is 0. The maximum absolute atomic E-state index is 12.5. The van der Waals surface area contributed by atoms with Gasteiger partial charge in [0.1, 0.15) is 0 Å². The Balaban J connectivity index is 1.86. The SMILES string of the molecule is CN(C)c1cccc(C(=O)NCc2nn(C)c(=O)c3ccccc23)c1. The van der Waals surface area contributed by atoms with E-state index in [1.807, 2.05) is 55.4 Å². The fourth-order valence-corrected chi connectivity index (χ4v) is 2.70. The molecule has 2 aromatic carbocycles. The molecule has 0 bridgehead atoms. The van der Waals surface area contributed by atoms with Gasteiger partial charge in [-0.2, -0.15) is 5.10 Å². The maximum atomic E-state index is 12.5. The Kier molecular flexibility index (Phi) is 4.52. The Morgan fingerprint density at radius 1 is 1.12 bits per heavy atom. The van der Waals surface area contributed by atoms with Crippen LogP contribution in [0.5, 0.6) is 0 Å². The zero-order valence-corrected chi connectivity index (χ0v) is 14.5. The van der Waals surface area contributed by atoms with E-state index in [0.717, 1.165) is 11.1 Å². The van der Waals surface area contributed by atoms with Gasteiger partial charge < -0.3 is 10.2 Å². The third kappa shape index (κ3) is 3.38. The molecular weight excluding hydrogens is 316 g/mol. The second kappa shape index (κ2) is 6.76. The van der Waals surface area contributed by atoms with E-state index in [9.17, 15) is 9.59 Å². The van der Waals surface area contributed by atoms with E-state index < -0.39 is 0 Å². The monoisotopic (exact) mass is 336 g/mol. The van der Waals surface area contributed by atoms with E-state index in [-0.39, 0.29) is 18.0 Å². The molecule has 3 rings (SSSR count). The molecule has 1 aromatic heterocycles. The number of hydrogen-bond acceptors (Lipinski definition) is 4. The number of rotatable bonds is 4. The van der Waals surface area contributed by atoms with Gasteiger partial charge in [-0.15, -0.1) is 0 Å². The summed E-state index contributed by atoms with van der Waals surface area (Å²) < 4.78 is 1.30. The van der Waals surface area contributed by atoms with Crippen LogP contribution < -0.4 is 15.8 Å². The Hall–Kier alpha value is -3.15. The van der Waals surface area contributed by atoms with Gasteiger partial charge in [-0.3, -0.25) is 9.59 Å². The van der Waals surface area contributed by atoms with E-state index in [1.165, 1.54) is 4.68 Å². The Morgan fingerprint density at radius 2 is 1.84 bits per heavy atom. The molecule has 1 amide bonds. The van der Waals surface area contributed by atoms with Crippen molar-refractivity contribution in [3.8, 4) is 0 Å². The number of fused-ring (bicyclic) bond motifs is 1. The van der Waals surface area contributed by atoms with Crippen molar-refractivity contribution in [1.29, 1.82) is 0 Å². The lowest BCUT2D eigenvalue weighted by molar-refractivity contribution is 0.0950. The number of aryl methyl sites for hydroxylation is 1. The van der Waals surface area contributed by atoms with Crippen molar-refractivity contribution in [1.82, 2.24) is 15.1 Å². The molecule has 3 aromatic rings. The highest BCUT2D eigenvalue weighted by molar-refractivity contribution is 5.95. The first-order valence-electron chi connectivity index (χ1n) is 7.98. The summed E-state index contributed by atoms with van der Waals surface area (Å²) in [5.41, 5.74) is 2.05. The van der Waals surface area contributed by atoms with Gasteiger partial charge in [0.05, 0.1) is 17.6 Å². The summed E-state index contributed by atoms with van der Waals surface area (Å²) in [6.45, 7) is 0.250. The molecule has 0 aliphatic rings. The number of anilines is 1. The van der Waals surface area contributed by atoms with Gasteiger partial charge in [0, 0.05) is 37.8 Å². The first-order valence-corrected chi connectivity index (χ1v) is 7.98. The summed E-state index contributed by atoms with van der Waals surface area (Å²) in [5, 5.41) is 8.53. The molecule has 25 heavy (non-hydrogen) atoms. The predicted molar refractivity (Wildman–Crippen MR) is 98.9 cm³/mol. The molecule has 0 radical (unpaired) electrons. The van der Waals surface area contributed by atoms with E-state index in [0.29, 0.717) is 16.6 Å². The van der Waals surface area contributed by atoms with E-state index >= 15 is 0 Å². The lowest BCUT2D eigenvalue weighted by Crippen LogP contribution is -2.27. The molecule has 0 saturated carbocycles. The van der Waals surface area contributed by atoms with Crippen molar-refractivity contribution >= 4 is 22.4 Å². The van der Waals surface area contributed by atoms with Gasteiger partial charge in [0.2, 0.25) is 0 Å². The van der Waals surface area contributed by atoms with Crippen molar-refractivity contribution in [2.45, 2.75) is 6.54 Å². The highest BCUT2D eigenvalue weighted by Crippen LogP contribution is 2.15. The molecule has 6 nitrogen and oxygen atoms in total. The fourth-order valence-electron chi connectivity index (χ4n) is 2.70. The fraction of sp³-hybridized carbons (Fsp3) is 0.211. The van der Waals surface area contributed by atoms with Crippen LogP contribution in [0.3, 0.4) is 0 Å². The molecule has 0 spiro atoms. The van der Waals surface area contributed by atoms with Crippen molar-refractivity contribution in [2.24, 2.45) is 7.05 Å². The van der Waals surface area contributed by atoms with Crippen LogP contribution in [0.15, 0.2) is 53.3 Å². The number of aromatic nitrogens is 2. The van der Waals surface area contributed by atoms with Crippen LogP contribution in [-0.4, -0.2) is 29.8 Å². The number of carbonyl (C=O) groups is 1. The zero-order chi connectivity index (χ0) is 18.0. The number of nitrogens with zero attached hydrogens (tertiary/aromatic N) is 3. The minimum Gasteiger partial charge on any atom is -0.378 e. The molecule has 0 aliphatic carbocycles. The Morgan fingerprint density at radius 3 is 2.56 bits per heavy atom.